The Kier molecular flexibility index (Phi) is 8.20. The molecule has 0 aromatic heterocycles. The fraction of sp³-hybridized carbons (Fsp3) is 1.00. The minimum atomic E-state index is 0.528. The molecule has 2 N–H and O–H groups in total. The van der Waals surface area contributed by atoms with Crippen molar-refractivity contribution in [2.24, 2.45) is 0 Å². The SMILES string of the molecule is C1CNC2(C1)CCNC2.CC.CCC. The van der Waals surface area contributed by atoms with Crippen molar-refractivity contribution in [3.8, 4) is 0 Å². The highest BCUT2D eigenvalue weighted by Crippen LogP contribution is 2.24. The van der Waals surface area contributed by atoms with Crippen LogP contribution in [0.2, 0.25) is 0 Å². The number of hydrogen-bond donors (Lipinski definition) is 2. The molecular formula is C12H28N2. The quantitative estimate of drug-likeness (QED) is 0.628. The van der Waals surface area contributed by atoms with Crippen molar-refractivity contribution in [2.75, 3.05) is 19.6 Å². The van der Waals surface area contributed by atoms with Gasteiger partial charge in [0.2, 0.25) is 0 Å². The molecule has 0 amide bonds. The molecule has 0 radical (unpaired) electrons. The zero-order valence-electron chi connectivity index (χ0n) is 10.4. The summed E-state index contributed by atoms with van der Waals surface area (Å²) in [6, 6.07) is 0. The van der Waals surface area contributed by atoms with Crippen molar-refractivity contribution in [3.63, 3.8) is 0 Å². The number of hydrogen-bond acceptors (Lipinski definition) is 2. The molecule has 0 aliphatic carbocycles. The van der Waals surface area contributed by atoms with Gasteiger partial charge >= 0.3 is 0 Å². The third kappa shape index (κ3) is 4.43. The summed E-state index contributed by atoms with van der Waals surface area (Å²) < 4.78 is 0. The van der Waals surface area contributed by atoms with Crippen LogP contribution in [-0.4, -0.2) is 25.2 Å². The van der Waals surface area contributed by atoms with Gasteiger partial charge in [0, 0.05) is 12.1 Å². The van der Waals surface area contributed by atoms with Crippen molar-refractivity contribution < 1.29 is 0 Å². The molecule has 2 heteroatoms. The van der Waals surface area contributed by atoms with E-state index in [9.17, 15) is 0 Å². The van der Waals surface area contributed by atoms with Crippen molar-refractivity contribution in [1.82, 2.24) is 10.6 Å². The van der Waals surface area contributed by atoms with E-state index in [2.05, 4.69) is 24.5 Å². The van der Waals surface area contributed by atoms with Crippen LogP contribution in [0.3, 0.4) is 0 Å². The molecule has 14 heavy (non-hydrogen) atoms. The third-order valence-electron chi connectivity index (χ3n) is 2.58. The molecule has 2 aliphatic rings. The molecule has 0 aromatic rings. The molecule has 2 rings (SSSR count). The molecular weight excluding hydrogens is 172 g/mol. The lowest BCUT2D eigenvalue weighted by Gasteiger charge is -2.21. The molecule has 2 nitrogen and oxygen atoms in total. The second-order valence-electron chi connectivity index (χ2n) is 3.94. The molecule has 0 saturated carbocycles. The molecule has 1 unspecified atom stereocenters. The molecule has 2 fully saturated rings. The van der Waals surface area contributed by atoms with Gasteiger partial charge in [0.25, 0.3) is 0 Å². The average Bonchev–Trinajstić information content (AvgIpc) is 2.85. The average molecular weight is 200 g/mol. The lowest BCUT2D eigenvalue weighted by molar-refractivity contribution is 0.414. The topological polar surface area (TPSA) is 24.1 Å². The largest absolute Gasteiger partial charge is 0.315 e. The van der Waals surface area contributed by atoms with E-state index in [1.807, 2.05) is 13.8 Å². The summed E-state index contributed by atoms with van der Waals surface area (Å²) in [6.07, 6.45) is 5.36. The first-order valence-corrected chi connectivity index (χ1v) is 6.29. The van der Waals surface area contributed by atoms with E-state index in [0.29, 0.717) is 5.54 Å². The molecule has 2 saturated heterocycles. The third-order valence-corrected chi connectivity index (χ3v) is 2.58. The lowest BCUT2D eigenvalue weighted by Crippen LogP contribution is -2.41. The van der Waals surface area contributed by atoms with Crippen LogP contribution in [0.25, 0.3) is 0 Å². The Hall–Kier alpha value is -0.0800. The zero-order valence-corrected chi connectivity index (χ0v) is 10.4. The van der Waals surface area contributed by atoms with Crippen LogP contribution >= 0.6 is 0 Å². The van der Waals surface area contributed by atoms with E-state index in [0.717, 1.165) is 0 Å². The van der Waals surface area contributed by atoms with Gasteiger partial charge in [-0.15, -0.1) is 0 Å². The van der Waals surface area contributed by atoms with Gasteiger partial charge in [-0.05, 0) is 32.4 Å². The predicted octanol–water partition coefficient (Wildman–Crippen LogP) is 2.54. The highest BCUT2D eigenvalue weighted by atomic mass is 15.1. The second-order valence-corrected chi connectivity index (χ2v) is 3.94. The fourth-order valence-corrected chi connectivity index (χ4v) is 1.98. The molecule has 0 bridgehead atoms. The summed E-state index contributed by atoms with van der Waals surface area (Å²) in [5.74, 6) is 0. The van der Waals surface area contributed by atoms with Crippen LogP contribution < -0.4 is 10.6 Å². The van der Waals surface area contributed by atoms with Crippen molar-refractivity contribution >= 4 is 0 Å². The van der Waals surface area contributed by atoms with Crippen LogP contribution in [0.4, 0.5) is 0 Å². The maximum absolute atomic E-state index is 3.57. The van der Waals surface area contributed by atoms with E-state index in [1.165, 1.54) is 45.3 Å². The van der Waals surface area contributed by atoms with Gasteiger partial charge in [-0.25, -0.2) is 0 Å². The first-order chi connectivity index (χ1) is 6.83. The van der Waals surface area contributed by atoms with Gasteiger partial charge in [-0.1, -0.05) is 34.1 Å². The summed E-state index contributed by atoms with van der Waals surface area (Å²) in [7, 11) is 0. The van der Waals surface area contributed by atoms with Crippen LogP contribution in [0.15, 0.2) is 0 Å². The monoisotopic (exact) mass is 200 g/mol. The summed E-state index contributed by atoms with van der Waals surface area (Å²) in [5, 5.41) is 6.96. The molecule has 86 valence electrons. The Morgan fingerprint density at radius 1 is 1.07 bits per heavy atom. The van der Waals surface area contributed by atoms with Gasteiger partial charge in [-0.2, -0.15) is 0 Å². The van der Waals surface area contributed by atoms with Gasteiger partial charge in [-0.3, -0.25) is 0 Å². The Morgan fingerprint density at radius 3 is 2.07 bits per heavy atom. The molecule has 2 heterocycles. The summed E-state index contributed by atoms with van der Waals surface area (Å²) >= 11 is 0. The van der Waals surface area contributed by atoms with Gasteiger partial charge in [0.15, 0.2) is 0 Å². The number of rotatable bonds is 0. The number of nitrogens with one attached hydrogen (secondary N) is 2. The maximum Gasteiger partial charge on any atom is 0.0318 e. The van der Waals surface area contributed by atoms with E-state index >= 15 is 0 Å². The van der Waals surface area contributed by atoms with Gasteiger partial charge < -0.3 is 10.6 Å². The van der Waals surface area contributed by atoms with Crippen LogP contribution in [0.1, 0.15) is 53.4 Å². The van der Waals surface area contributed by atoms with Crippen molar-refractivity contribution in [2.45, 2.75) is 58.9 Å². The van der Waals surface area contributed by atoms with Crippen LogP contribution in [-0.2, 0) is 0 Å². The second kappa shape index (κ2) is 8.25. The van der Waals surface area contributed by atoms with E-state index in [1.54, 1.807) is 0 Å². The highest BCUT2D eigenvalue weighted by Gasteiger charge is 2.35. The maximum atomic E-state index is 3.57. The van der Waals surface area contributed by atoms with Gasteiger partial charge in [0.05, 0.1) is 0 Å². The summed E-state index contributed by atoms with van der Waals surface area (Å²) in [4.78, 5) is 0. The van der Waals surface area contributed by atoms with Gasteiger partial charge in [0.1, 0.15) is 0 Å². The highest BCUT2D eigenvalue weighted by molar-refractivity contribution is 4.98. The van der Waals surface area contributed by atoms with Crippen LogP contribution in [0, 0.1) is 0 Å². The fourth-order valence-electron chi connectivity index (χ4n) is 1.98. The normalized spacial score (nSPS) is 29.1. The minimum Gasteiger partial charge on any atom is -0.315 e. The molecule has 1 atom stereocenters. The van der Waals surface area contributed by atoms with E-state index in [4.69, 9.17) is 0 Å². The Morgan fingerprint density at radius 2 is 1.71 bits per heavy atom. The zero-order chi connectivity index (χ0) is 10.9. The predicted molar refractivity (Wildman–Crippen MR) is 64.8 cm³/mol. The Labute approximate surface area is 89.9 Å². The summed E-state index contributed by atoms with van der Waals surface area (Å²) in [5.41, 5.74) is 0.528. The standard InChI is InChI=1S/C7H14N2.C3H8.C2H6/c1-2-7(9-4-1)3-5-8-6-7;1-3-2;1-2/h8-9H,1-6H2;3H2,1-2H3;1-2H3. The van der Waals surface area contributed by atoms with Crippen molar-refractivity contribution in [1.29, 1.82) is 0 Å². The van der Waals surface area contributed by atoms with Crippen LogP contribution in [0.5, 0.6) is 0 Å². The smallest absolute Gasteiger partial charge is 0.0318 e. The van der Waals surface area contributed by atoms with E-state index in [-0.39, 0.29) is 0 Å². The van der Waals surface area contributed by atoms with E-state index < -0.39 is 0 Å². The first kappa shape index (κ1) is 13.9. The molecule has 0 aromatic carbocycles. The molecule has 2 aliphatic heterocycles. The molecule has 1 spiro atoms. The summed E-state index contributed by atoms with van der Waals surface area (Å²) in [6.45, 7) is 11.9. The minimum absolute atomic E-state index is 0.528. The Bertz CT molecular complexity index is 94.0. The Balaban J connectivity index is 0.000000294. The first-order valence-electron chi connectivity index (χ1n) is 6.29. The lowest BCUT2D eigenvalue weighted by atomic mass is 9.97. The van der Waals surface area contributed by atoms with Crippen molar-refractivity contribution in [3.05, 3.63) is 0 Å².